The lowest BCUT2D eigenvalue weighted by Crippen LogP contribution is -2.26. The van der Waals surface area contributed by atoms with E-state index in [4.69, 9.17) is 0 Å². The van der Waals surface area contributed by atoms with E-state index in [9.17, 15) is 8.42 Å². The van der Waals surface area contributed by atoms with Crippen LogP contribution in [-0.2, 0) is 9.84 Å². The van der Waals surface area contributed by atoms with Crippen LogP contribution in [0.4, 0.5) is 0 Å². The van der Waals surface area contributed by atoms with Gasteiger partial charge in [-0.05, 0) is 88.0 Å². The Balaban J connectivity index is 1.93. The summed E-state index contributed by atoms with van der Waals surface area (Å²) in [7, 11) is -3.42. The van der Waals surface area contributed by atoms with Crippen molar-refractivity contribution in [1.82, 2.24) is 0 Å². The van der Waals surface area contributed by atoms with Crippen LogP contribution in [-0.4, -0.2) is 13.7 Å². The smallest absolute Gasteiger partial charge is 0.184 e. The molecule has 30 heavy (non-hydrogen) atoms. The monoisotopic (exact) mass is 424 g/mol. The maximum atomic E-state index is 13.5. The van der Waals surface area contributed by atoms with Crippen LogP contribution >= 0.6 is 0 Å². The molecule has 0 bridgehead atoms. The van der Waals surface area contributed by atoms with Gasteiger partial charge in [-0.25, -0.2) is 8.42 Å². The molecule has 2 aromatic rings. The molecule has 0 N–H and O–H groups in total. The van der Waals surface area contributed by atoms with Gasteiger partial charge in [0.15, 0.2) is 9.84 Å². The first kappa shape index (κ1) is 22.8. The molecule has 0 saturated heterocycles. The first-order valence-electron chi connectivity index (χ1n) is 11.2. The lowest BCUT2D eigenvalue weighted by atomic mass is 9.71. The first-order valence-corrected chi connectivity index (χ1v) is 12.7. The van der Waals surface area contributed by atoms with Crippen molar-refractivity contribution in [2.24, 2.45) is 5.92 Å². The molecule has 0 aromatic heterocycles. The normalized spacial score (nSPS) is 20.9. The Labute approximate surface area is 183 Å². The predicted octanol–water partition coefficient (Wildman–Crippen LogP) is 7.12. The van der Waals surface area contributed by atoms with E-state index in [0.29, 0.717) is 29.1 Å². The van der Waals surface area contributed by atoms with E-state index in [2.05, 4.69) is 39.0 Å². The zero-order valence-corrected chi connectivity index (χ0v) is 20.1. The van der Waals surface area contributed by atoms with Crippen LogP contribution in [0.1, 0.15) is 81.0 Å². The highest BCUT2D eigenvalue weighted by Crippen LogP contribution is 2.44. The van der Waals surface area contributed by atoms with Crippen LogP contribution in [0.25, 0.3) is 0 Å². The van der Waals surface area contributed by atoms with Crippen molar-refractivity contribution in [1.29, 1.82) is 0 Å². The molecule has 0 fully saturated rings. The van der Waals surface area contributed by atoms with Crippen molar-refractivity contribution in [2.45, 2.75) is 82.8 Å². The van der Waals surface area contributed by atoms with Crippen LogP contribution in [0.3, 0.4) is 0 Å². The van der Waals surface area contributed by atoms with E-state index in [1.807, 2.05) is 39.0 Å². The molecule has 2 nitrogen and oxygen atoms in total. The highest BCUT2D eigenvalue weighted by molar-refractivity contribution is 7.92. The summed E-state index contributed by atoms with van der Waals surface area (Å²) in [6, 6.07) is 14.1. The van der Waals surface area contributed by atoms with Crippen molar-refractivity contribution < 1.29 is 8.42 Å². The van der Waals surface area contributed by atoms with Crippen molar-refractivity contribution >= 4 is 9.84 Å². The van der Waals surface area contributed by atoms with Gasteiger partial charge in [0.1, 0.15) is 0 Å². The average Bonchev–Trinajstić information content (AvgIpc) is 2.67. The molecule has 1 aliphatic rings. The molecular formula is C27H36O2S. The van der Waals surface area contributed by atoms with Crippen LogP contribution in [0.2, 0.25) is 0 Å². The number of benzene rings is 2. The van der Waals surface area contributed by atoms with Gasteiger partial charge in [0, 0.05) is 0 Å². The minimum atomic E-state index is -3.42. The third-order valence-corrected chi connectivity index (χ3v) is 8.70. The quantitative estimate of drug-likeness (QED) is 0.463. The first-order chi connectivity index (χ1) is 14.1. The summed E-state index contributed by atoms with van der Waals surface area (Å²) in [5.74, 6) is 1.28. The van der Waals surface area contributed by atoms with Gasteiger partial charge < -0.3 is 0 Å². The van der Waals surface area contributed by atoms with Gasteiger partial charge in [-0.15, -0.1) is 0 Å². The number of sulfone groups is 1. The summed E-state index contributed by atoms with van der Waals surface area (Å²) in [5, 5.41) is -0.493. The molecule has 4 atom stereocenters. The van der Waals surface area contributed by atoms with E-state index >= 15 is 0 Å². The fourth-order valence-corrected chi connectivity index (χ4v) is 6.76. The highest BCUT2D eigenvalue weighted by Gasteiger charge is 2.33. The Hall–Kier alpha value is -1.87. The molecule has 2 aromatic carbocycles. The number of aryl methyl sites for hydroxylation is 2. The van der Waals surface area contributed by atoms with E-state index in [1.165, 1.54) is 23.1 Å². The highest BCUT2D eigenvalue weighted by atomic mass is 32.2. The molecule has 3 rings (SSSR count). The summed E-state index contributed by atoms with van der Waals surface area (Å²) in [6.45, 7) is 12.7. The van der Waals surface area contributed by atoms with Crippen LogP contribution in [0, 0.1) is 19.8 Å². The summed E-state index contributed by atoms with van der Waals surface area (Å²) in [6.07, 6.45) is 4.90. The molecule has 0 radical (unpaired) electrons. The lowest BCUT2D eigenvalue weighted by Gasteiger charge is -2.35. The van der Waals surface area contributed by atoms with Gasteiger partial charge in [-0.1, -0.05) is 67.0 Å². The third kappa shape index (κ3) is 4.88. The number of rotatable bonds is 6. The second-order valence-corrected chi connectivity index (χ2v) is 11.7. The summed E-state index contributed by atoms with van der Waals surface area (Å²) >= 11 is 0. The fraction of sp³-hybridized carbons (Fsp3) is 0.481. The minimum Gasteiger partial charge on any atom is -0.223 e. The molecular weight excluding hydrogens is 388 g/mol. The number of fused-ring (bicyclic) bond motifs is 1. The Morgan fingerprint density at radius 2 is 1.63 bits per heavy atom. The largest absolute Gasteiger partial charge is 0.223 e. The fourth-order valence-electron chi connectivity index (χ4n) is 4.89. The average molecular weight is 425 g/mol. The van der Waals surface area contributed by atoms with Crippen molar-refractivity contribution in [2.75, 3.05) is 0 Å². The van der Waals surface area contributed by atoms with Gasteiger partial charge in [0.25, 0.3) is 0 Å². The molecule has 1 unspecified atom stereocenters. The molecule has 162 valence electrons. The maximum absolute atomic E-state index is 13.5. The summed E-state index contributed by atoms with van der Waals surface area (Å²) < 4.78 is 27.0. The van der Waals surface area contributed by atoms with E-state index in [-0.39, 0.29) is 0 Å². The SMILES string of the molecule is CC(C)=CC(C[C@H](C)[C@@H]1CC[C@H](C)c2ccc(C)cc21)S(=O)(=O)c1ccc(C)cc1. The van der Waals surface area contributed by atoms with E-state index in [0.717, 1.165) is 17.6 Å². The second-order valence-electron chi connectivity index (χ2n) is 9.57. The molecule has 0 heterocycles. The van der Waals surface area contributed by atoms with Crippen molar-refractivity contribution in [3.8, 4) is 0 Å². The van der Waals surface area contributed by atoms with Crippen LogP contribution < -0.4 is 0 Å². The van der Waals surface area contributed by atoms with Crippen LogP contribution in [0.15, 0.2) is 59.0 Å². The molecule has 0 amide bonds. The van der Waals surface area contributed by atoms with Gasteiger partial charge in [-0.2, -0.15) is 0 Å². The number of hydrogen-bond donors (Lipinski definition) is 0. The number of allylic oxidation sites excluding steroid dienone is 1. The van der Waals surface area contributed by atoms with E-state index < -0.39 is 15.1 Å². The van der Waals surface area contributed by atoms with Crippen LogP contribution in [0.5, 0.6) is 0 Å². The molecule has 1 aliphatic carbocycles. The molecule has 0 spiro atoms. The van der Waals surface area contributed by atoms with Gasteiger partial charge in [-0.3, -0.25) is 0 Å². The zero-order chi connectivity index (χ0) is 22.1. The molecule has 0 aliphatic heterocycles. The Morgan fingerprint density at radius 3 is 2.27 bits per heavy atom. The lowest BCUT2D eigenvalue weighted by molar-refractivity contribution is 0.369. The predicted molar refractivity (Wildman–Crippen MR) is 127 cm³/mol. The summed E-state index contributed by atoms with van der Waals surface area (Å²) in [5.41, 5.74) is 6.29. The zero-order valence-electron chi connectivity index (χ0n) is 19.3. The standard InChI is InChI=1S/C27H36O2S/c1-18(2)15-24(30(28,29)23-11-7-19(3)8-12-23)17-22(6)26-14-10-21(5)25-13-9-20(4)16-27(25)26/h7-9,11-13,15-16,21-22,24,26H,10,14,17H2,1-6H3/t21-,22-,24?,26-/m0/s1. The second kappa shape index (κ2) is 9.09. The van der Waals surface area contributed by atoms with E-state index in [1.54, 1.807) is 12.1 Å². The molecule has 0 saturated carbocycles. The topological polar surface area (TPSA) is 34.1 Å². The summed E-state index contributed by atoms with van der Waals surface area (Å²) in [4.78, 5) is 0.427. The van der Waals surface area contributed by atoms with Gasteiger partial charge >= 0.3 is 0 Å². The minimum absolute atomic E-state index is 0.291. The maximum Gasteiger partial charge on any atom is 0.184 e. The third-order valence-electron chi connectivity index (χ3n) is 6.64. The Morgan fingerprint density at radius 1 is 1.00 bits per heavy atom. The Bertz CT molecular complexity index is 1010. The van der Waals surface area contributed by atoms with Gasteiger partial charge in [0.2, 0.25) is 0 Å². The van der Waals surface area contributed by atoms with Gasteiger partial charge in [0.05, 0.1) is 10.1 Å². The molecule has 3 heteroatoms. The Kier molecular flexibility index (Phi) is 6.91. The van der Waals surface area contributed by atoms with Crippen molar-refractivity contribution in [3.05, 3.63) is 76.4 Å². The number of hydrogen-bond acceptors (Lipinski definition) is 2. The van der Waals surface area contributed by atoms with Crippen molar-refractivity contribution in [3.63, 3.8) is 0 Å².